The van der Waals surface area contributed by atoms with E-state index in [1.54, 1.807) is 24.0 Å². The van der Waals surface area contributed by atoms with Crippen LogP contribution in [-0.4, -0.2) is 35.0 Å². The highest BCUT2D eigenvalue weighted by molar-refractivity contribution is 6.30. The van der Waals surface area contributed by atoms with E-state index in [-0.39, 0.29) is 18.9 Å². The number of carboxylic acid groups (broad SMARTS) is 1. The number of halogens is 1. The van der Waals surface area contributed by atoms with E-state index in [1.165, 1.54) is 0 Å². The fraction of sp³-hybridized carbons (Fsp3) is 0.467. The van der Waals surface area contributed by atoms with Crippen LogP contribution in [0.15, 0.2) is 24.3 Å². The molecule has 0 saturated heterocycles. The lowest BCUT2D eigenvalue weighted by Gasteiger charge is -2.24. The van der Waals surface area contributed by atoms with E-state index in [9.17, 15) is 9.59 Å². The van der Waals surface area contributed by atoms with Gasteiger partial charge in [-0.2, -0.15) is 0 Å². The first-order valence-electron chi connectivity index (χ1n) is 6.69. The second-order valence-electron chi connectivity index (χ2n) is 4.88. The molecule has 1 amide bonds. The highest BCUT2D eigenvalue weighted by atomic mass is 35.5. The summed E-state index contributed by atoms with van der Waals surface area (Å²) in [5.41, 5.74) is 0.878. The Hall–Kier alpha value is -1.55. The second-order valence-corrected chi connectivity index (χ2v) is 5.32. The molecule has 0 bridgehead atoms. The van der Waals surface area contributed by atoms with Crippen LogP contribution in [0.5, 0.6) is 0 Å². The molecule has 1 rings (SSSR count). The Morgan fingerprint density at radius 1 is 1.30 bits per heavy atom. The van der Waals surface area contributed by atoms with Gasteiger partial charge in [-0.15, -0.1) is 0 Å². The van der Waals surface area contributed by atoms with E-state index >= 15 is 0 Å². The molecule has 0 fully saturated rings. The molecule has 4 nitrogen and oxygen atoms in total. The van der Waals surface area contributed by atoms with Gasteiger partial charge in [-0.25, -0.2) is 0 Å². The van der Waals surface area contributed by atoms with Crippen molar-refractivity contribution in [2.24, 2.45) is 5.92 Å². The standard InChI is InChI=1S/C15H20ClNO3/c1-3-8-17(10-11(2)15(19)20)14(18)9-12-4-6-13(16)7-5-12/h4-7,11H,3,8-10H2,1-2H3,(H,19,20). The summed E-state index contributed by atoms with van der Waals surface area (Å²) in [6.45, 7) is 4.40. The van der Waals surface area contributed by atoms with Crippen LogP contribution in [0.3, 0.4) is 0 Å². The van der Waals surface area contributed by atoms with Crippen LogP contribution in [0.2, 0.25) is 5.02 Å². The molecule has 1 atom stereocenters. The molecule has 110 valence electrons. The highest BCUT2D eigenvalue weighted by Gasteiger charge is 2.19. The van der Waals surface area contributed by atoms with Crippen LogP contribution in [0.25, 0.3) is 0 Å². The van der Waals surface area contributed by atoms with Crippen molar-refractivity contribution >= 4 is 23.5 Å². The van der Waals surface area contributed by atoms with Crippen LogP contribution in [0.4, 0.5) is 0 Å². The average Bonchev–Trinajstić information content (AvgIpc) is 2.40. The topological polar surface area (TPSA) is 57.6 Å². The van der Waals surface area contributed by atoms with E-state index in [1.807, 2.05) is 19.1 Å². The minimum absolute atomic E-state index is 0.0535. The van der Waals surface area contributed by atoms with E-state index in [0.29, 0.717) is 11.6 Å². The number of carboxylic acids is 1. The summed E-state index contributed by atoms with van der Waals surface area (Å²) < 4.78 is 0. The number of rotatable bonds is 7. The van der Waals surface area contributed by atoms with Crippen LogP contribution in [0, 0.1) is 5.92 Å². The minimum Gasteiger partial charge on any atom is -0.481 e. The third-order valence-corrected chi connectivity index (χ3v) is 3.28. The van der Waals surface area contributed by atoms with Gasteiger partial charge in [0.2, 0.25) is 5.91 Å². The van der Waals surface area contributed by atoms with Gasteiger partial charge in [0.05, 0.1) is 12.3 Å². The minimum atomic E-state index is -0.884. The lowest BCUT2D eigenvalue weighted by Crippen LogP contribution is -2.38. The lowest BCUT2D eigenvalue weighted by atomic mass is 10.1. The van der Waals surface area contributed by atoms with Gasteiger partial charge in [-0.05, 0) is 24.1 Å². The van der Waals surface area contributed by atoms with E-state index < -0.39 is 11.9 Å². The number of hydrogen-bond acceptors (Lipinski definition) is 2. The molecule has 0 aliphatic carbocycles. The number of carbonyl (C=O) groups excluding carboxylic acids is 1. The van der Waals surface area contributed by atoms with Crippen LogP contribution in [-0.2, 0) is 16.0 Å². The summed E-state index contributed by atoms with van der Waals surface area (Å²) in [7, 11) is 0. The average molecular weight is 298 g/mol. The van der Waals surface area contributed by atoms with Crippen molar-refractivity contribution in [3.63, 3.8) is 0 Å². The zero-order valence-electron chi connectivity index (χ0n) is 11.8. The molecule has 0 radical (unpaired) electrons. The van der Waals surface area contributed by atoms with Crippen molar-refractivity contribution in [3.8, 4) is 0 Å². The van der Waals surface area contributed by atoms with Gasteiger partial charge in [-0.1, -0.05) is 37.6 Å². The van der Waals surface area contributed by atoms with Crippen molar-refractivity contribution in [2.75, 3.05) is 13.1 Å². The maximum Gasteiger partial charge on any atom is 0.308 e. The van der Waals surface area contributed by atoms with Gasteiger partial charge in [0, 0.05) is 18.1 Å². The van der Waals surface area contributed by atoms with Crippen LogP contribution >= 0.6 is 11.6 Å². The Morgan fingerprint density at radius 3 is 2.40 bits per heavy atom. The predicted octanol–water partition coefficient (Wildman–Crippen LogP) is 2.84. The van der Waals surface area contributed by atoms with Crippen molar-refractivity contribution in [3.05, 3.63) is 34.9 Å². The smallest absolute Gasteiger partial charge is 0.308 e. The lowest BCUT2D eigenvalue weighted by molar-refractivity contribution is -0.143. The molecule has 20 heavy (non-hydrogen) atoms. The molecule has 1 aromatic rings. The Balaban J connectivity index is 2.68. The number of carbonyl (C=O) groups is 2. The van der Waals surface area contributed by atoms with Crippen molar-refractivity contribution in [1.82, 2.24) is 4.90 Å². The van der Waals surface area contributed by atoms with Gasteiger partial charge in [0.25, 0.3) is 0 Å². The van der Waals surface area contributed by atoms with Crippen LogP contribution < -0.4 is 0 Å². The summed E-state index contributed by atoms with van der Waals surface area (Å²) >= 11 is 5.80. The van der Waals surface area contributed by atoms with E-state index in [4.69, 9.17) is 16.7 Å². The first-order valence-corrected chi connectivity index (χ1v) is 7.06. The molecule has 0 aromatic heterocycles. The summed E-state index contributed by atoms with van der Waals surface area (Å²) in [5, 5.41) is 9.58. The quantitative estimate of drug-likeness (QED) is 0.842. The molecule has 0 spiro atoms. The number of benzene rings is 1. The molecular weight excluding hydrogens is 278 g/mol. The molecular formula is C15H20ClNO3. The highest BCUT2D eigenvalue weighted by Crippen LogP contribution is 2.12. The number of aliphatic carboxylic acids is 1. The Bertz CT molecular complexity index is 459. The van der Waals surface area contributed by atoms with Gasteiger partial charge >= 0.3 is 5.97 Å². The molecule has 0 aliphatic rings. The first kappa shape index (κ1) is 16.5. The fourth-order valence-electron chi connectivity index (χ4n) is 1.89. The van der Waals surface area contributed by atoms with Gasteiger partial charge in [0.15, 0.2) is 0 Å². The Kier molecular flexibility index (Phi) is 6.52. The zero-order chi connectivity index (χ0) is 15.1. The van der Waals surface area contributed by atoms with Crippen molar-refractivity contribution in [2.45, 2.75) is 26.7 Å². The molecule has 1 aromatic carbocycles. The number of amides is 1. The summed E-state index contributed by atoms with van der Waals surface area (Å²) in [6, 6.07) is 7.11. The van der Waals surface area contributed by atoms with Crippen molar-refractivity contribution < 1.29 is 14.7 Å². The number of hydrogen-bond donors (Lipinski definition) is 1. The maximum absolute atomic E-state index is 12.2. The van der Waals surface area contributed by atoms with E-state index in [2.05, 4.69) is 0 Å². The second kappa shape index (κ2) is 7.90. The van der Waals surface area contributed by atoms with E-state index in [0.717, 1.165) is 12.0 Å². The predicted molar refractivity (Wildman–Crippen MR) is 78.8 cm³/mol. The number of nitrogens with zero attached hydrogens (tertiary/aromatic N) is 1. The van der Waals surface area contributed by atoms with Gasteiger partial charge in [0.1, 0.15) is 0 Å². The molecule has 1 unspecified atom stereocenters. The normalized spacial score (nSPS) is 11.9. The third-order valence-electron chi connectivity index (χ3n) is 3.03. The molecule has 5 heteroatoms. The molecule has 0 heterocycles. The van der Waals surface area contributed by atoms with Crippen molar-refractivity contribution in [1.29, 1.82) is 0 Å². The summed E-state index contributed by atoms with van der Waals surface area (Å²) in [5.74, 6) is -1.50. The maximum atomic E-state index is 12.2. The summed E-state index contributed by atoms with van der Waals surface area (Å²) in [6.07, 6.45) is 1.07. The SMILES string of the molecule is CCCN(CC(C)C(=O)O)C(=O)Cc1ccc(Cl)cc1. The van der Waals surface area contributed by atoms with Gasteiger partial charge < -0.3 is 10.0 Å². The zero-order valence-corrected chi connectivity index (χ0v) is 12.6. The Labute approximate surface area is 124 Å². The largest absolute Gasteiger partial charge is 0.481 e. The monoisotopic (exact) mass is 297 g/mol. The summed E-state index contributed by atoms with van der Waals surface area (Å²) in [4.78, 5) is 24.8. The molecule has 0 saturated carbocycles. The molecule has 1 N–H and O–H groups in total. The Morgan fingerprint density at radius 2 is 1.90 bits per heavy atom. The third kappa shape index (κ3) is 5.21. The fourth-order valence-corrected chi connectivity index (χ4v) is 2.01. The first-order chi connectivity index (χ1) is 9.43. The van der Waals surface area contributed by atoms with Crippen LogP contribution in [0.1, 0.15) is 25.8 Å². The molecule has 0 aliphatic heterocycles. The van der Waals surface area contributed by atoms with Gasteiger partial charge in [-0.3, -0.25) is 9.59 Å².